The summed E-state index contributed by atoms with van der Waals surface area (Å²) < 4.78 is 0. The third kappa shape index (κ3) is 3.55. The Morgan fingerprint density at radius 2 is 1.64 bits per heavy atom. The molecule has 3 heteroatoms. The minimum Gasteiger partial charge on any atom is -0.480 e. The van der Waals surface area contributed by atoms with Gasteiger partial charge < -0.3 is 10.4 Å². The van der Waals surface area contributed by atoms with Crippen LogP contribution in [-0.4, -0.2) is 23.2 Å². The fraction of sp³-hybridized carbons (Fsp3) is 0.316. The zero-order valence-electron chi connectivity index (χ0n) is 12.5. The highest BCUT2D eigenvalue weighted by atomic mass is 16.4. The van der Waals surface area contributed by atoms with Gasteiger partial charge in [-0.25, -0.2) is 0 Å². The second kappa shape index (κ2) is 6.75. The summed E-state index contributed by atoms with van der Waals surface area (Å²) in [6, 6.07) is 20.0. The maximum absolute atomic E-state index is 11.5. The number of carboxylic acid groups (broad SMARTS) is 1. The Labute approximate surface area is 131 Å². The number of hydrogen-bond acceptors (Lipinski definition) is 2. The van der Waals surface area contributed by atoms with E-state index in [1.165, 1.54) is 5.56 Å². The molecule has 0 amide bonds. The van der Waals surface area contributed by atoms with Gasteiger partial charge in [0.1, 0.15) is 6.04 Å². The van der Waals surface area contributed by atoms with Gasteiger partial charge in [-0.1, -0.05) is 60.7 Å². The van der Waals surface area contributed by atoms with Crippen LogP contribution in [0.15, 0.2) is 60.7 Å². The van der Waals surface area contributed by atoms with Crippen molar-refractivity contribution in [2.24, 2.45) is 0 Å². The van der Waals surface area contributed by atoms with E-state index in [4.69, 9.17) is 0 Å². The van der Waals surface area contributed by atoms with Gasteiger partial charge in [0.05, 0.1) is 0 Å². The lowest BCUT2D eigenvalue weighted by Crippen LogP contribution is -2.49. The first-order valence-corrected chi connectivity index (χ1v) is 7.80. The fourth-order valence-corrected chi connectivity index (χ4v) is 3.10. The van der Waals surface area contributed by atoms with Gasteiger partial charge in [0.2, 0.25) is 0 Å². The second-order valence-electron chi connectivity index (χ2n) is 6.02. The lowest BCUT2D eigenvalue weighted by Gasteiger charge is -2.38. The SMILES string of the molecule is O=C(O)[C@H](Cc1ccccc1)NC1CC(c2ccccc2)C1. The third-order valence-corrected chi connectivity index (χ3v) is 4.43. The molecule has 0 bridgehead atoms. The molecule has 1 aliphatic rings. The van der Waals surface area contributed by atoms with Crippen LogP contribution in [0, 0.1) is 0 Å². The number of carboxylic acids is 1. The Kier molecular flexibility index (Phi) is 4.54. The predicted octanol–water partition coefficient (Wildman–Crippen LogP) is 3.22. The van der Waals surface area contributed by atoms with E-state index >= 15 is 0 Å². The molecule has 3 nitrogen and oxygen atoms in total. The standard InChI is InChI=1S/C19H21NO2/c21-19(22)18(11-14-7-3-1-4-8-14)20-17-12-16(13-17)15-9-5-2-6-10-15/h1-10,16-18,20H,11-13H2,(H,21,22)/t16?,17?,18-/m0/s1. The van der Waals surface area contributed by atoms with Crippen molar-refractivity contribution in [1.82, 2.24) is 5.32 Å². The molecule has 1 aliphatic carbocycles. The summed E-state index contributed by atoms with van der Waals surface area (Å²) >= 11 is 0. The number of nitrogens with one attached hydrogen (secondary N) is 1. The molecule has 114 valence electrons. The van der Waals surface area contributed by atoms with E-state index in [1.54, 1.807) is 0 Å². The first kappa shape index (κ1) is 14.8. The smallest absolute Gasteiger partial charge is 0.321 e. The van der Waals surface area contributed by atoms with Crippen LogP contribution < -0.4 is 5.32 Å². The molecule has 0 unspecified atom stereocenters. The van der Waals surface area contributed by atoms with E-state index in [9.17, 15) is 9.90 Å². The summed E-state index contributed by atoms with van der Waals surface area (Å²) in [7, 11) is 0. The van der Waals surface area contributed by atoms with Gasteiger partial charge in [-0.15, -0.1) is 0 Å². The maximum Gasteiger partial charge on any atom is 0.321 e. The van der Waals surface area contributed by atoms with Crippen LogP contribution in [0.4, 0.5) is 0 Å². The van der Waals surface area contributed by atoms with Gasteiger partial charge in [-0.05, 0) is 36.3 Å². The molecule has 1 saturated carbocycles. The molecule has 3 rings (SSSR count). The highest BCUT2D eigenvalue weighted by molar-refractivity contribution is 5.74. The lowest BCUT2D eigenvalue weighted by molar-refractivity contribution is -0.139. The molecule has 1 atom stereocenters. The van der Waals surface area contributed by atoms with Crippen LogP contribution in [0.2, 0.25) is 0 Å². The Balaban J connectivity index is 1.54. The van der Waals surface area contributed by atoms with Crippen LogP contribution in [0.1, 0.15) is 29.9 Å². The topological polar surface area (TPSA) is 49.3 Å². The van der Waals surface area contributed by atoms with Crippen LogP contribution in [0.25, 0.3) is 0 Å². The van der Waals surface area contributed by atoms with Crippen molar-refractivity contribution in [3.05, 3.63) is 71.8 Å². The van der Waals surface area contributed by atoms with Gasteiger partial charge in [-0.2, -0.15) is 0 Å². The van der Waals surface area contributed by atoms with Gasteiger partial charge in [0, 0.05) is 6.04 Å². The van der Waals surface area contributed by atoms with Crippen molar-refractivity contribution >= 4 is 5.97 Å². The molecule has 22 heavy (non-hydrogen) atoms. The first-order chi connectivity index (χ1) is 10.7. The zero-order chi connectivity index (χ0) is 15.4. The molecule has 2 aromatic rings. The first-order valence-electron chi connectivity index (χ1n) is 7.80. The highest BCUT2D eigenvalue weighted by Gasteiger charge is 2.33. The van der Waals surface area contributed by atoms with Crippen LogP contribution in [-0.2, 0) is 11.2 Å². The highest BCUT2D eigenvalue weighted by Crippen LogP contribution is 2.36. The van der Waals surface area contributed by atoms with E-state index < -0.39 is 12.0 Å². The monoisotopic (exact) mass is 295 g/mol. The van der Waals surface area contributed by atoms with Gasteiger partial charge in [0.25, 0.3) is 0 Å². The fourth-order valence-electron chi connectivity index (χ4n) is 3.10. The average Bonchev–Trinajstić information content (AvgIpc) is 2.51. The largest absolute Gasteiger partial charge is 0.480 e. The van der Waals surface area contributed by atoms with Crippen molar-refractivity contribution < 1.29 is 9.90 Å². The van der Waals surface area contributed by atoms with E-state index in [1.807, 2.05) is 36.4 Å². The van der Waals surface area contributed by atoms with Crippen LogP contribution >= 0.6 is 0 Å². The molecule has 2 N–H and O–H groups in total. The Hall–Kier alpha value is -2.13. The summed E-state index contributed by atoms with van der Waals surface area (Å²) in [5, 5.41) is 12.7. The predicted molar refractivity (Wildman–Crippen MR) is 86.9 cm³/mol. The molecule has 0 aliphatic heterocycles. The molecular formula is C19H21NO2. The third-order valence-electron chi connectivity index (χ3n) is 4.43. The zero-order valence-corrected chi connectivity index (χ0v) is 12.5. The van der Waals surface area contributed by atoms with Gasteiger partial charge >= 0.3 is 5.97 Å². The van der Waals surface area contributed by atoms with E-state index in [-0.39, 0.29) is 0 Å². The van der Waals surface area contributed by atoms with Crippen LogP contribution in [0.5, 0.6) is 0 Å². The van der Waals surface area contributed by atoms with E-state index in [2.05, 4.69) is 29.6 Å². The van der Waals surface area contributed by atoms with Crippen molar-refractivity contribution in [3.63, 3.8) is 0 Å². The summed E-state index contributed by atoms with van der Waals surface area (Å²) in [5.74, 6) is -0.211. The summed E-state index contributed by atoms with van der Waals surface area (Å²) in [6.45, 7) is 0. The van der Waals surface area contributed by atoms with E-state index in [0.717, 1.165) is 18.4 Å². The van der Waals surface area contributed by atoms with Gasteiger partial charge in [-0.3, -0.25) is 4.79 Å². The number of aliphatic carboxylic acids is 1. The second-order valence-corrected chi connectivity index (χ2v) is 6.02. The Morgan fingerprint density at radius 3 is 2.23 bits per heavy atom. The quantitative estimate of drug-likeness (QED) is 0.860. The van der Waals surface area contributed by atoms with Crippen LogP contribution in [0.3, 0.4) is 0 Å². The summed E-state index contributed by atoms with van der Waals surface area (Å²) in [4.78, 5) is 11.5. The molecule has 0 saturated heterocycles. The van der Waals surface area contributed by atoms with Crippen molar-refractivity contribution in [3.8, 4) is 0 Å². The molecule has 0 spiro atoms. The minimum atomic E-state index is -0.771. The Morgan fingerprint density at radius 1 is 1.05 bits per heavy atom. The number of hydrogen-bond donors (Lipinski definition) is 2. The van der Waals surface area contributed by atoms with Crippen molar-refractivity contribution in [2.75, 3.05) is 0 Å². The van der Waals surface area contributed by atoms with Crippen molar-refractivity contribution in [1.29, 1.82) is 0 Å². The summed E-state index contributed by atoms with van der Waals surface area (Å²) in [6.07, 6.45) is 2.56. The molecule has 0 aromatic heterocycles. The van der Waals surface area contributed by atoms with Gasteiger partial charge in [0.15, 0.2) is 0 Å². The van der Waals surface area contributed by atoms with E-state index in [0.29, 0.717) is 18.4 Å². The minimum absolute atomic E-state index is 0.301. The van der Waals surface area contributed by atoms with Crippen molar-refractivity contribution in [2.45, 2.75) is 37.3 Å². The molecule has 2 aromatic carbocycles. The number of carbonyl (C=O) groups is 1. The normalized spacial score (nSPS) is 21.8. The number of benzene rings is 2. The average molecular weight is 295 g/mol. The summed E-state index contributed by atoms with van der Waals surface area (Å²) in [5.41, 5.74) is 2.41. The molecule has 0 radical (unpaired) electrons. The Bertz CT molecular complexity index is 606. The lowest BCUT2D eigenvalue weighted by atomic mass is 9.75. The molecule has 0 heterocycles. The molecule has 1 fully saturated rings. The number of rotatable bonds is 6. The molecular weight excluding hydrogens is 274 g/mol. The maximum atomic E-state index is 11.5.